The first-order chi connectivity index (χ1) is 18.2. The molecule has 0 atom stereocenters. The molecule has 6 aromatic rings. The number of aromatic nitrogens is 2. The molecule has 0 spiro atoms. The minimum absolute atomic E-state index is 0.0933. The van der Waals surface area contributed by atoms with E-state index in [1.165, 1.54) is 10.8 Å². The van der Waals surface area contributed by atoms with Crippen molar-refractivity contribution >= 4 is 45.2 Å². The Bertz CT molecular complexity index is 1920. The summed E-state index contributed by atoms with van der Waals surface area (Å²) in [4.78, 5) is 19.6. The molecule has 0 aliphatic rings. The molecule has 0 N–H and O–H groups in total. The molecule has 0 aliphatic carbocycles. The van der Waals surface area contributed by atoms with Crippen molar-refractivity contribution in [3.63, 3.8) is 0 Å². The summed E-state index contributed by atoms with van der Waals surface area (Å²) >= 11 is 1.62. The smallest absolute Gasteiger partial charge is 0.266 e. The second-order valence-electron chi connectivity index (χ2n) is 8.80. The SMILES string of the molecule is Cc1cc(C#Cc2cccs2)ccc1-n1c(C=Cc2ccc3ccccc3c2)nc2ccccc2c1=O. The summed E-state index contributed by atoms with van der Waals surface area (Å²) in [7, 11) is 0. The first-order valence-corrected chi connectivity index (χ1v) is 12.9. The quantitative estimate of drug-likeness (QED) is 0.239. The van der Waals surface area contributed by atoms with E-state index >= 15 is 0 Å². The Morgan fingerprint density at radius 2 is 1.65 bits per heavy atom. The van der Waals surface area contributed by atoms with Crippen LogP contribution >= 0.6 is 11.3 Å². The van der Waals surface area contributed by atoms with Crippen LogP contribution in [0.3, 0.4) is 0 Å². The van der Waals surface area contributed by atoms with Gasteiger partial charge in [0.05, 0.1) is 21.5 Å². The van der Waals surface area contributed by atoms with Crippen molar-refractivity contribution in [2.75, 3.05) is 0 Å². The number of thiophene rings is 1. The Balaban J connectivity index is 1.46. The van der Waals surface area contributed by atoms with Gasteiger partial charge >= 0.3 is 0 Å². The molecule has 0 radical (unpaired) electrons. The number of para-hydroxylation sites is 1. The normalized spacial score (nSPS) is 11.2. The summed E-state index contributed by atoms with van der Waals surface area (Å²) in [5.41, 5.74) is 4.29. The maximum atomic E-state index is 13.7. The van der Waals surface area contributed by atoms with E-state index in [0.29, 0.717) is 16.7 Å². The maximum Gasteiger partial charge on any atom is 0.266 e. The lowest BCUT2D eigenvalue weighted by Gasteiger charge is -2.14. The van der Waals surface area contributed by atoms with Crippen molar-refractivity contribution in [1.29, 1.82) is 0 Å². The highest BCUT2D eigenvalue weighted by Gasteiger charge is 2.13. The van der Waals surface area contributed by atoms with E-state index in [1.54, 1.807) is 15.9 Å². The van der Waals surface area contributed by atoms with E-state index in [1.807, 2.05) is 91.2 Å². The highest BCUT2D eigenvalue weighted by atomic mass is 32.1. The highest BCUT2D eigenvalue weighted by molar-refractivity contribution is 7.10. The van der Waals surface area contributed by atoms with Crippen LogP contribution in [-0.4, -0.2) is 9.55 Å². The van der Waals surface area contributed by atoms with Gasteiger partial charge in [-0.05, 0) is 82.7 Å². The van der Waals surface area contributed by atoms with E-state index in [9.17, 15) is 4.79 Å². The fourth-order valence-corrected chi connectivity index (χ4v) is 5.02. The lowest BCUT2D eigenvalue weighted by Crippen LogP contribution is -2.23. The third-order valence-electron chi connectivity index (χ3n) is 6.29. The number of aryl methyl sites for hydroxylation is 1. The van der Waals surface area contributed by atoms with Crippen LogP contribution in [0.15, 0.2) is 107 Å². The van der Waals surface area contributed by atoms with Gasteiger partial charge in [0.15, 0.2) is 0 Å². The number of fused-ring (bicyclic) bond motifs is 2. The summed E-state index contributed by atoms with van der Waals surface area (Å²) in [6.07, 6.45) is 3.93. The summed E-state index contributed by atoms with van der Waals surface area (Å²) in [5, 5.41) is 4.97. The van der Waals surface area contributed by atoms with Gasteiger partial charge in [-0.25, -0.2) is 4.98 Å². The van der Waals surface area contributed by atoms with E-state index in [-0.39, 0.29) is 5.56 Å². The molecule has 37 heavy (non-hydrogen) atoms. The predicted molar refractivity (Wildman–Crippen MR) is 155 cm³/mol. The van der Waals surface area contributed by atoms with Gasteiger partial charge in [-0.15, -0.1) is 11.3 Å². The molecule has 0 saturated heterocycles. The number of rotatable bonds is 3. The summed E-state index contributed by atoms with van der Waals surface area (Å²) in [5.74, 6) is 7.01. The van der Waals surface area contributed by atoms with Crippen molar-refractivity contribution in [3.05, 3.63) is 140 Å². The molecular formula is C33H22N2OS. The van der Waals surface area contributed by atoms with Crippen LogP contribution in [0.25, 0.3) is 39.5 Å². The van der Waals surface area contributed by atoms with E-state index < -0.39 is 0 Å². The van der Waals surface area contributed by atoms with Crippen LogP contribution in [0.1, 0.15) is 27.4 Å². The third-order valence-corrected chi connectivity index (χ3v) is 7.07. The van der Waals surface area contributed by atoms with Gasteiger partial charge in [-0.2, -0.15) is 0 Å². The molecule has 0 amide bonds. The second kappa shape index (κ2) is 9.73. The van der Waals surface area contributed by atoms with Gasteiger partial charge < -0.3 is 0 Å². The molecule has 176 valence electrons. The van der Waals surface area contributed by atoms with Crippen LogP contribution in [0.5, 0.6) is 0 Å². The van der Waals surface area contributed by atoms with Crippen molar-refractivity contribution in [1.82, 2.24) is 9.55 Å². The van der Waals surface area contributed by atoms with Crippen LogP contribution in [-0.2, 0) is 0 Å². The van der Waals surface area contributed by atoms with Crippen molar-refractivity contribution in [2.24, 2.45) is 0 Å². The lowest BCUT2D eigenvalue weighted by atomic mass is 10.1. The molecular weight excluding hydrogens is 472 g/mol. The third kappa shape index (κ3) is 4.61. The molecule has 2 aromatic heterocycles. The predicted octanol–water partition coefficient (Wildman–Crippen LogP) is 7.48. The Morgan fingerprint density at radius 1 is 0.811 bits per heavy atom. The van der Waals surface area contributed by atoms with Crippen molar-refractivity contribution < 1.29 is 0 Å². The molecule has 4 aromatic carbocycles. The molecule has 0 unspecified atom stereocenters. The van der Waals surface area contributed by atoms with Gasteiger partial charge in [0.1, 0.15) is 5.82 Å². The van der Waals surface area contributed by atoms with Gasteiger partial charge in [-0.1, -0.05) is 72.5 Å². The second-order valence-corrected chi connectivity index (χ2v) is 9.74. The Kier molecular flexibility index (Phi) is 5.98. The minimum atomic E-state index is -0.0933. The standard InChI is InChI=1S/C33H22N2OS/c1-23-21-24(13-17-28-9-6-20-37-28)14-18-31(23)35-32(34-30-11-5-4-10-29(30)33(35)36)19-15-25-12-16-26-7-2-3-8-27(26)22-25/h2-12,14-16,18-22H,1H3. The van der Waals surface area contributed by atoms with Crippen molar-refractivity contribution in [2.45, 2.75) is 6.92 Å². The average Bonchev–Trinajstić information content (AvgIpc) is 3.45. The average molecular weight is 495 g/mol. The first-order valence-electron chi connectivity index (χ1n) is 12.0. The van der Waals surface area contributed by atoms with Gasteiger partial charge in [0.2, 0.25) is 0 Å². The molecule has 2 heterocycles. The van der Waals surface area contributed by atoms with Gasteiger partial charge in [0, 0.05) is 5.56 Å². The fourth-order valence-electron chi connectivity index (χ4n) is 4.44. The number of nitrogens with zero attached hydrogens (tertiary/aromatic N) is 2. The largest absolute Gasteiger partial charge is 0.268 e. The number of hydrogen-bond acceptors (Lipinski definition) is 3. The van der Waals surface area contributed by atoms with E-state index in [0.717, 1.165) is 27.3 Å². The Labute approximate surface area is 219 Å². The Hall–Kier alpha value is -4.72. The van der Waals surface area contributed by atoms with E-state index in [2.05, 4.69) is 42.2 Å². The van der Waals surface area contributed by atoms with Crippen LogP contribution < -0.4 is 5.56 Å². The molecule has 6 rings (SSSR count). The summed E-state index contributed by atoms with van der Waals surface area (Å²) in [6, 6.07) is 32.0. The molecule has 0 aliphatic heterocycles. The molecule has 0 saturated carbocycles. The van der Waals surface area contributed by atoms with Crippen LogP contribution in [0.4, 0.5) is 0 Å². The van der Waals surface area contributed by atoms with Gasteiger partial charge in [0.25, 0.3) is 5.56 Å². The van der Waals surface area contributed by atoms with Crippen LogP contribution in [0, 0.1) is 18.8 Å². The lowest BCUT2D eigenvalue weighted by molar-refractivity contribution is 0.934. The fraction of sp³-hybridized carbons (Fsp3) is 0.0303. The zero-order valence-electron chi connectivity index (χ0n) is 20.2. The molecule has 4 heteroatoms. The molecule has 0 bridgehead atoms. The highest BCUT2D eigenvalue weighted by Crippen LogP contribution is 2.21. The maximum absolute atomic E-state index is 13.7. The minimum Gasteiger partial charge on any atom is -0.268 e. The van der Waals surface area contributed by atoms with Crippen LogP contribution in [0.2, 0.25) is 0 Å². The number of benzene rings is 4. The molecule has 0 fully saturated rings. The van der Waals surface area contributed by atoms with Crippen molar-refractivity contribution in [3.8, 4) is 17.5 Å². The zero-order valence-corrected chi connectivity index (χ0v) is 21.0. The van der Waals surface area contributed by atoms with Gasteiger partial charge in [-0.3, -0.25) is 9.36 Å². The molecule has 3 nitrogen and oxygen atoms in total. The van der Waals surface area contributed by atoms with E-state index in [4.69, 9.17) is 4.98 Å². The first kappa shape index (κ1) is 22.7. The summed E-state index contributed by atoms with van der Waals surface area (Å²) < 4.78 is 1.70. The summed E-state index contributed by atoms with van der Waals surface area (Å²) in [6.45, 7) is 2.00. The topological polar surface area (TPSA) is 34.9 Å². The number of hydrogen-bond donors (Lipinski definition) is 0. The Morgan fingerprint density at radius 3 is 2.49 bits per heavy atom. The zero-order chi connectivity index (χ0) is 25.2. The monoisotopic (exact) mass is 494 g/mol.